The first kappa shape index (κ1) is 14.5. The minimum absolute atomic E-state index is 0.160. The van der Waals surface area contributed by atoms with Crippen molar-refractivity contribution >= 4 is 22.9 Å². The van der Waals surface area contributed by atoms with Crippen LogP contribution in [-0.4, -0.2) is 11.9 Å². The predicted octanol–water partition coefficient (Wildman–Crippen LogP) is 2.97. The Balaban J connectivity index is 2.06. The largest absolute Gasteiger partial charge is 0.396 e. The maximum Gasteiger partial charge on any atom is 0.254 e. The Kier molecular flexibility index (Phi) is 4.34. The van der Waals surface area contributed by atoms with Gasteiger partial charge in [-0.2, -0.15) is 0 Å². The van der Waals surface area contributed by atoms with Gasteiger partial charge in [-0.3, -0.25) is 4.79 Å². The molecule has 1 heterocycles. The Bertz CT molecular complexity index is 614. The second-order valence-corrected chi connectivity index (χ2v) is 5.54. The molecule has 0 fully saturated rings. The lowest BCUT2D eigenvalue weighted by molar-refractivity contribution is 0.0936. The molecular weight excluding hydrogens is 282 g/mol. The number of rotatable bonds is 4. The molecule has 1 unspecified atom stereocenters. The highest BCUT2D eigenvalue weighted by atomic mass is 32.1. The minimum atomic E-state index is -0.919. The molecule has 0 saturated heterocycles. The first-order valence-corrected chi connectivity index (χ1v) is 6.93. The molecule has 0 aliphatic heterocycles. The number of amides is 1. The van der Waals surface area contributed by atoms with Gasteiger partial charge in [0.1, 0.15) is 11.6 Å². The first-order valence-electron chi connectivity index (χ1n) is 6.05. The van der Waals surface area contributed by atoms with E-state index in [1.54, 1.807) is 11.3 Å². The molecule has 1 aromatic carbocycles. The molecular formula is C14H14F2N2OS. The fourth-order valence-electron chi connectivity index (χ4n) is 1.82. The van der Waals surface area contributed by atoms with Crippen molar-refractivity contribution in [3.8, 4) is 0 Å². The number of carbonyl (C=O) groups excluding carboxylic acids is 1. The predicted molar refractivity (Wildman–Crippen MR) is 75.7 cm³/mol. The highest BCUT2D eigenvalue weighted by Crippen LogP contribution is 2.17. The maximum absolute atomic E-state index is 13.6. The number of thiophene rings is 1. The molecule has 1 amide bonds. The SMILES string of the molecule is CC(Cc1cccs1)NC(=O)c1cc(N)c(F)cc1F. The van der Waals surface area contributed by atoms with Crippen molar-refractivity contribution in [1.82, 2.24) is 5.32 Å². The molecule has 3 N–H and O–H groups in total. The van der Waals surface area contributed by atoms with Crippen molar-refractivity contribution < 1.29 is 13.6 Å². The summed E-state index contributed by atoms with van der Waals surface area (Å²) in [6, 6.07) is 5.36. The van der Waals surface area contributed by atoms with Crippen LogP contribution < -0.4 is 11.1 Å². The molecule has 2 rings (SSSR count). The number of nitrogen functional groups attached to an aromatic ring is 1. The summed E-state index contributed by atoms with van der Waals surface area (Å²) in [5, 5.41) is 4.62. The van der Waals surface area contributed by atoms with Crippen molar-refractivity contribution in [2.75, 3.05) is 5.73 Å². The highest BCUT2D eigenvalue weighted by Gasteiger charge is 2.17. The quantitative estimate of drug-likeness (QED) is 0.852. The second kappa shape index (κ2) is 6.00. The molecule has 1 atom stereocenters. The average Bonchev–Trinajstić information content (AvgIpc) is 2.86. The smallest absolute Gasteiger partial charge is 0.254 e. The molecule has 3 nitrogen and oxygen atoms in total. The van der Waals surface area contributed by atoms with E-state index in [0.717, 1.165) is 10.9 Å². The fraction of sp³-hybridized carbons (Fsp3) is 0.214. The molecule has 106 valence electrons. The van der Waals surface area contributed by atoms with E-state index in [0.29, 0.717) is 12.5 Å². The van der Waals surface area contributed by atoms with E-state index < -0.39 is 17.5 Å². The van der Waals surface area contributed by atoms with Crippen molar-refractivity contribution in [3.63, 3.8) is 0 Å². The summed E-state index contributed by atoms with van der Waals surface area (Å²) in [4.78, 5) is 13.1. The van der Waals surface area contributed by atoms with Crippen molar-refractivity contribution in [3.05, 3.63) is 51.7 Å². The lowest BCUT2D eigenvalue weighted by Crippen LogP contribution is -2.34. The van der Waals surface area contributed by atoms with Gasteiger partial charge in [-0.05, 0) is 24.4 Å². The zero-order valence-electron chi connectivity index (χ0n) is 10.8. The van der Waals surface area contributed by atoms with E-state index in [-0.39, 0.29) is 17.3 Å². The van der Waals surface area contributed by atoms with Gasteiger partial charge in [-0.15, -0.1) is 11.3 Å². The van der Waals surface area contributed by atoms with E-state index in [1.165, 1.54) is 0 Å². The van der Waals surface area contributed by atoms with Gasteiger partial charge in [-0.25, -0.2) is 8.78 Å². The Morgan fingerprint density at radius 1 is 1.40 bits per heavy atom. The van der Waals surface area contributed by atoms with Crippen LogP contribution in [0.3, 0.4) is 0 Å². The zero-order chi connectivity index (χ0) is 14.7. The third kappa shape index (κ3) is 3.33. The van der Waals surface area contributed by atoms with Crippen LogP contribution in [0.5, 0.6) is 0 Å². The van der Waals surface area contributed by atoms with Crippen LogP contribution in [0.2, 0.25) is 0 Å². The van der Waals surface area contributed by atoms with E-state index in [9.17, 15) is 13.6 Å². The number of hydrogen-bond donors (Lipinski definition) is 2. The van der Waals surface area contributed by atoms with E-state index in [2.05, 4.69) is 5.32 Å². The normalized spacial score (nSPS) is 12.2. The number of benzene rings is 1. The summed E-state index contributed by atoms with van der Waals surface area (Å²) in [7, 11) is 0. The number of hydrogen-bond acceptors (Lipinski definition) is 3. The molecule has 1 aromatic heterocycles. The molecule has 0 radical (unpaired) electrons. The topological polar surface area (TPSA) is 55.1 Å². The van der Waals surface area contributed by atoms with Crippen LogP contribution in [0.1, 0.15) is 22.2 Å². The van der Waals surface area contributed by atoms with E-state index in [4.69, 9.17) is 5.73 Å². The summed E-state index contributed by atoms with van der Waals surface area (Å²) in [5.41, 5.74) is 4.85. The van der Waals surface area contributed by atoms with Crippen LogP contribution in [0.15, 0.2) is 29.6 Å². The molecule has 0 spiro atoms. The van der Waals surface area contributed by atoms with Crippen LogP contribution in [0.4, 0.5) is 14.5 Å². The van der Waals surface area contributed by atoms with Crippen molar-refractivity contribution in [2.24, 2.45) is 0 Å². The van der Waals surface area contributed by atoms with Gasteiger partial charge in [0.25, 0.3) is 5.91 Å². The Labute approximate surface area is 119 Å². The number of halogens is 2. The average molecular weight is 296 g/mol. The summed E-state index contributed by atoms with van der Waals surface area (Å²) in [5.74, 6) is -2.39. The molecule has 0 aliphatic rings. The third-order valence-electron chi connectivity index (χ3n) is 2.80. The van der Waals surface area contributed by atoms with Gasteiger partial charge < -0.3 is 11.1 Å². The standard InChI is InChI=1S/C14H14F2N2OS/c1-8(5-9-3-2-4-20-9)18-14(19)10-6-13(17)12(16)7-11(10)15/h2-4,6-8H,5,17H2,1H3,(H,18,19). The molecule has 2 aromatic rings. The van der Waals surface area contributed by atoms with E-state index in [1.807, 2.05) is 24.4 Å². The number of nitrogens with one attached hydrogen (secondary N) is 1. The van der Waals surface area contributed by atoms with Gasteiger partial charge in [0.05, 0.1) is 11.3 Å². The van der Waals surface area contributed by atoms with E-state index >= 15 is 0 Å². The second-order valence-electron chi connectivity index (χ2n) is 4.51. The van der Waals surface area contributed by atoms with Gasteiger partial charge in [0.15, 0.2) is 0 Å². The van der Waals surface area contributed by atoms with Crippen LogP contribution in [0.25, 0.3) is 0 Å². The Hall–Kier alpha value is -1.95. The van der Waals surface area contributed by atoms with Gasteiger partial charge in [-0.1, -0.05) is 6.07 Å². The molecule has 6 heteroatoms. The van der Waals surface area contributed by atoms with Gasteiger partial charge >= 0.3 is 0 Å². The van der Waals surface area contributed by atoms with Gasteiger partial charge in [0.2, 0.25) is 0 Å². The summed E-state index contributed by atoms with van der Waals surface area (Å²) >= 11 is 1.59. The highest BCUT2D eigenvalue weighted by molar-refractivity contribution is 7.09. The Morgan fingerprint density at radius 3 is 2.80 bits per heavy atom. The molecule has 20 heavy (non-hydrogen) atoms. The molecule has 0 bridgehead atoms. The van der Waals surface area contributed by atoms with Crippen molar-refractivity contribution in [1.29, 1.82) is 0 Å². The lowest BCUT2D eigenvalue weighted by Gasteiger charge is -2.13. The Morgan fingerprint density at radius 2 is 2.15 bits per heavy atom. The number of carbonyl (C=O) groups is 1. The zero-order valence-corrected chi connectivity index (χ0v) is 11.6. The molecule has 0 aliphatic carbocycles. The van der Waals surface area contributed by atoms with Crippen LogP contribution in [0, 0.1) is 11.6 Å². The minimum Gasteiger partial charge on any atom is -0.396 e. The first-order chi connectivity index (χ1) is 9.47. The molecule has 0 saturated carbocycles. The number of nitrogens with two attached hydrogens (primary N) is 1. The van der Waals surface area contributed by atoms with Crippen molar-refractivity contribution in [2.45, 2.75) is 19.4 Å². The monoisotopic (exact) mass is 296 g/mol. The lowest BCUT2D eigenvalue weighted by atomic mass is 10.1. The van der Waals surface area contributed by atoms with Gasteiger partial charge in [0, 0.05) is 23.4 Å². The van der Waals surface area contributed by atoms with Crippen LogP contribution >= 0.6 is 11.3 Å². The summed E-state index contributed by atoms with van der Waals surface area (Å²) in [6.45, 7) is 1.82. The fourth-order valence-corrected chi connectivity index (χ4v) is 2.66. The number of anilines is 1. The summed E-state index contributed by atoms with van der Waals surface area (Å²) < 4.78 is 26.6. The summed E-state index contributed by atoms with van der Waals surface area (Å²) in [6.07, 6.45) is 0.654. The third-order valence-corrected chi connectivity index (χ3v) is 3.69. The van der Waals surface area contributed by atoms with Crippen LogP contribution in [-0.2, 0) is 6.42 Å². The maximum atomic E-state index is 13.6.